The number of fused-ring (bicyclic) bond motifs is 1. The van der Waals surface area contributed by atoms with Crippen molar-refractivity contribution in [2.75, 3.05) is 30.9 Å². The predicted molar refractivity (Wildman–Crippen MR) is 131 cm³/mol. The summed E-state index contributed by atoms with van der Waals surface area (Å²) >= 11 is 3.72. The highest BCUT2D eigenvalue weighted by Gasteiger charge is 2.57. The van der Waals surface area contributed by atoms with Crippen molar-refractivity contribution < 1.29 is 24.3 Å². The van der Waals surface area contributed by atoms with Crippen molar-refractivity contribution >= 4 is 63.5 Å². The lowest BCUT2D eigenvalue weighted by Crippen LogP contribution is -2.74. The Bertz CT molecular complexity index is 1180. The summed E-state index contributed by atoms with van der Waals surface area (Å²) in [6.07, 6.45) is 3.25. The van der Waals surface area contributed by atoms with Gasteiger partial charge in [0.25, 0.3) is 5.91 Å². The Morgan fingerprint density at radius 3 is 3.00 bits per heavy atom. The van der Waals surface area contributed by atoms with Gasteiger partial charge < -0.3 is 30.5 Å². The maximum absolute atomic E-state index is 12.9. The average Bonchev–Trinajstić information content (AvgIpc) is 3.48. The molecule has 2 saturated heterocycles. The van der Waals surface area contributed by atoms with Crippen LogP contribution in [0.1, 0.15) is 5.69 Å². The Labute approximate surface area is 212 Å². The molecule has 4 heterocycles. The summed E-state index contributed by atoms with van der Waals surface area (Å²) in [6.45, 7) is 4.21. The highest BCUT2D eigenvalue weighted by atomic mass is 32.2. The maximum Gasteiger partial charge on any atom is 0.313 e. The smallest absolute Gasteiger partial charge is 0.313 e. The van der Waals surface area contributed by atoms with Crippen LogP contribution in [-0.4, -0.2) is 89.8 Å². The lowest BCUT2D eigenvalue weighted by molar-refractivity contribution is -0.157. The topological polar surface area (TPSA) is 178 Å². The molecule has 2 aromatic heterocycles. The standard InChI is InChI=1S/C19H22N8O5S3/c1-3-4-26-9-21-24-18(26)35-8-19(16(30)31)6-27-14(29)12(15(27)34-7-19)23-13(28)11(25-32-2)10-5-33-17(20)22-10/h3,5,9,12,15H,1,4,6-8H2,2H3,(H2,20,22)(H,23,28)(H,30,31)/t12?,15-,19?/m1/s1. The van der Waals surface area contributed by atoms with E-state index in [1.165, 1.54) is 35.5 Å². The number of thioether (sulfide) groups is 2. The summed E-state index contributed by atoms with van der Waals surface area (Å²) in [5, 5.41) is 26.3. The molecule has 4 rings (SSSR count). The summed E-state index contributed by atoms with van der Waals surface area (Å²) < 4.78 is 1.77. The first kappa shape index (κ1) is 25.0. The molecule has 186 valence electrons. The number of carbonyl (C=O) groups is 3. The van der Waals surface area contributed by atoms with Gasteiger partial charge in [-0.3, -0.25) is 14.4 Å². The van der Waals surface area contributed by atoms with Gasteiger partial charge in [-0.2, -0.15) is 0 Å². The fraction of sp³-hybridized carbons (Fsp3) is 0.421. The number of thiazole rings is 1. The number of aliphatic carboxylic acids is 1. The molecule has 2 aromatic rings. The van der Waals surface area contributed by atoms with E-state index in [1.54, 1.807) is 22.4 Å². The SMILES string of the molecule is C=CCn1cnnc1SCC1(C(=O)O)CS[C@@H]2C(NC(=O)C(=NOC)c3csc(N)n3)C(=O)N2C1. The van der Waals surface area contributed by atoms with E-state index in [1.807, 2.05) is 0 Å². The number of rotatable bonds is 10. The molecule has 4 N–H and O–H groups in total. The number of amides is 2. The minimum atomic E-state index is -1.18. The summed E-state index contributed by atoms with van der Waals surface area (Å²) in [5.74, 6) is -1.54. The van der Waals surface area contributed by atoms with E-state index in [0.29, 0.717) is 11.7 Å². The van der Waals surface area contributed by atoms with Gasteiger partial charge in [0.05, 0.1) is 0 Å². The third-order valence-electron chi connectivity index (χ3n) is 5.43. The molecule has 0 spiro atoms. The number of oxime groups is 1. The summed E-state index contributed by atoms with van der Waals surface area (Å²) in [4.78, 5) is 48.3. The van der Waals surface area contributed by atoms with Crippen LogP contribution in [0.25, 0.3) is 0 Å². The zero-order valence-corrected chi connectivity index (χ0v) is 20.9. The monoisotopic (exact) mass is 538 g/mol. The van der Waals surface area contributed by atoms with Crippen molar-refractivity contribution in [3.63, 3.8) is 0 Å². The normalized spacial score (nSPS) is 23.9. The number of nitrogens with two attached hydrogens (primary N) is 1. The zero-order chi connectivity index (χ0) is 25.2. The van der Waals surface area contributed by atoms with Gasteiger partial charge in [0.1, 0.15) is 36.0 Å². The van der Waals surface area contributed by atoms with Gasteiger partial charge in [0.15, 0.2) is 16.0 Å². The Hall–Kier alpha value is -3.11. The van der Waals surface area contributed by atoms with Gasteiger partial charge in [0.2, 0.25) is 5.91 Å². The van der Waals surface area contributed by atoms with Crippen molar-refractivity contribution in [1.29, 1.82) is 0 Å². The first-order valence-corrected chi connectivity index (χ1v) is 13.1. The second-order valence-electron chi connectivity index (χ2n) is 7.74. The average molecular weight is 539 g/mol. The predicted octanol–water partition coefficient (Wildman–Crippen LogP) is 0.117. The molecule has 0 saturated carbocycles. The number of nitrogens with zero attached hydrogens (tertiary/aromatic N) is 6. The molecule has 0 radical (unpaired) electrons. The van der Waals surface area contributed by atoms with Crippen LogP contribution in [-0.2, 0) is 25.8 Å². The van der Waals surface area contributed by atoms with E-state index >= 15 is 0 Å². The van der Waals surface area contributed by atoms with Gasteiger partial charge in [-0.15, -0.1) is 39.9 Å². The van der Waals surface area contributed by atoms with E-state index in [-0.39, 0.29) is 40.5 Å². The first-order valence-electron chi connectivity index (χ1n) is 10.2. The van der Waals surface area contributed by atoms with Crippen LogP contribution in [0, 0.1) is 5.41 Å². The lowest BCUT2D eigenvalue weighted by atomic mass is 9.89. The molecule has 2 unspecified atom stereocenters. The van der Waals surface area contributed by atoms with Gasteiger partial charge in [-0.1, -0.05) is 23.0 Å². The third kappa shape index (κ3) is 4.85. The van der Waals surface area contributed by atoms with E-state index < -0.39 is 28.7 Å². The molecule has 2 amide bonds. The van der Waals surface area contributed by atoms with Crippen LogP contribution >= 0.6 is 34.9 Å². The van der Waals surface area contributed by atoms with Crippen LogP contribution < -0.4 is 11.1 Å². The summed E-state index contributed by atoms with van der Waals surface area (Å²) in [7, 11) is 1.29. The fourth-order valence-corrected chi connectivity index (χ4v) is 6.96. The maximum atomic E-state index is 12.9. The molecule has 0 aromatic carbocycles. The molecule has 0 aliphatic carbocycles. The van der Waals surface area contributed by atoms with Crippen LogP contribution in [0.2, 0.25) is 0 Å². The molecule has 3 atom stereocenters. The third-order valence-corrected chi connectivity index (χ3v) is 8.96. The number of β-lactam (4-membered cyclic amide) rings is 1. The van der Waals surface area contributed by atoms with E-state index in [4.69, 9.17) is 10.6 Å². The summed E-state index contributed by atoms with van der Waals surface area (Å²) in [5.41, 5.74) is 4.59. The Morgan fingerprint density at radius 1 is 1.54 bits per heavy atom. The van der Waals surface area contributed by atoms with Crippen LogP contribution in [0.4, 0.5) is 5.13 Å². The second-order valence-corrected chi connectivity index (χ2v) is 10.7. The van der Waals surface area contributed by atoms with Gasteiger partial charge in [0, 0.05) is 30.0 Å². The fourth-order valence-electron chi connectivity index (χ4n) is 3.63. The van der Waals surface area contributed by atoms with Gasteiger partial charge in [-0.05, 0) is 0 Å². The van der Waals surface area contributed by atoms with Gasteiger partial charge >= 0.3 is 5.97 Å². The van der Waals surface area contributed by atoms with Crippen LogP contribution in [0.5, 0.6) is 0 Å². The minimum absolute atomic E-state index is 0.0233. The Morgan fingerprint density at radius 2 is 2.34 bits per heavy atom. The highest BCUT2D eigenvalue weighted by Crippen LogP contribution is 2.44. The Balaban J connectivity index is 1.42. The number of hydrogen-bond acceptors (Lipinski definition) is 12. The number of hydrogen-bond donors (Lipinski definition) is 3. The van der Waals surface area contributed by atoms with Crippen molar-refractivity contribution in [1.82, 2.24) is 30.0 Å². The molecule has 2 aliphatic heterocycles. The molecule has 13 nitrogen and oxygen atoms in total. The zero-order valence-electron chi connectivity index (χ0n) is 18.5. The van der Waals surface area contributed by atoms with Crippen LogP contribution in [0.15, 0.2) is 34.7 Å². The number of aromatic nitrogens is 4. The number of carboxylic acid groups (broad SMARTS) is 1. The molecular formula is C19H22N8O5S3. The Kier molecular flexibility index (Phi) is 7.32. The molecule has 0 bridgehead atoms. The summed E-state index contributed by atoms with van der Waals surface area (Å²) in [6, 6.07) is -0.819. The van der Waals surface area contributed by atoms with E-state index in [9.17, 15) is 19.5 Å². The largest absolute Gasteiger partial charge is 0.481 e. The molecule has 16 heteroatoms. The molecule has 35 heavy (non-hydrogen) atoms. The number of carboxylic acids is 1. The van der Waals surface area contributed by atoms with Crippen molar-refractivity contribution in [2.45, 2.75) is 23.1 Å². The number of carbonyl (C=O) groups excluding carboxylic acids is 2. The molecular weight excluding hydrogens is 516 g/mol. The van der Waals surface area contributed by atoms with Crippen molar-refractivity contribution in [2.24, 2.45) is 10.6 Å². The lowest BCUT2D eigenvalue weighted by Gasteiger charge is -2.53. The van der Waals surface area contributed by atoms with Crippen molar-refractivity contribution in [3.8, 4) is 0 Å². The first-order chi connectivity index (χ1) is 16.8. The van der Waals surface area contributed by atoms with Crippen LogP contribution in [0.3, 0.4) is 0 Å². The van der Waals surface area contributed by atoms with E-state index in [0.717, 1.165) is 11.3 Å². The second kappa shape index (κ2) is 10.2. The number of nitrogen functional groups attached to an aromatic ring is 1. The highest BCUT2D eigenvalue weighted by molar-refractivity contribution is 8.00. The number of anilines is 1. The van der Waals surface area contributed by atoms with Gasteiger partial charge in [-0.25, -0.2) is 4.98 Å². The van der Waals surface area contributed by atoms with E-state index in [2.05, 4.69) is 32.2 Å². The number of nitrogens with one attached hydrogen (secondary N) is 1. The number of allylic oxidation sites excluding steroid dienone is 1. The molecule has 2 fully saturated rings. The minimum Gasteiger partial charge on any atom is -0.481 e. The quantitative estimate of drug-likeness (QED) is 0.123. The van der Waals surface area contributed by atoms with Crippen molar-refractivity contribution in [3.05, 3.63) is 30.1 Å². The molecule has 2 aliphatic rings.